The van der Waals surface area contributed by atoms with Gasteiger partial charge < -0.3 is 10.2 Å². The van der Waals surface area contributed by atoms with E-state index in [1.54, 1.807) is 0 Å². The number of likely N-dealkylation sites (tertiary alicyclic amines) is 1. The van der Waals surface area contributed by atoms with Crippen molar-refractivity contribution in [3.8, 4) is 0 Å². The summed E-state index contributed by atoms with van der Waals surface area (Å²) in [5.74, 6) is 0.240. The maximum Gasteiger partial charge on any atom is 0.240 e. The highest BCUT2D eigenvalue weighted by atomic mass is 35.5. The fraction of sp³-hybridized carbons (Fsp3) is 0.350. The van der Waals surface area contributed by atoms with E-state index in [9.17, 15) is 4.79 Å². The summed E-state index contributed by atoms with van der Waals surface area (Å²) in [5.41, 5.74) is 2.60. The van der Waals surface area contributed by atoms with Gasteiger partial charge in [0, 0.05) is 34.8 Å². The fourth-order valence-corrected chi connectivity index (χ4v) is 5.08. The van der Waals surface area contributed by atoms with Crippen LogP contribution in [-0.2, 0) is 17.8 Å². The molecule has 5 heteroatoms. The van der Waals surface area contributed by atoms with Crippen molar-refractivity contribution in [1.29, 1.82) is 0 Å². The maximum atomic E-state index is 12.9. The number of thioether (sulfide) groups is 1. The van der Waals surface area contributed by atoms with Crippen LogP contribution < -0.4 is 5.32 Å². The van der Waals surface area contributed by atoms with Gasteiger partial charge in [0.05, 0.1) is 6.04 Å². The Hall–Kier alpha value is -1.49. The summed E-state index contributed by atoms with van der Waals surface area (Å²) in [4.78, 5) is 16.1. The molecule has 2 aromatic carbocycles. The summed E-state index contributed by atoms with van der Waals surface area (Å²) in [5, 5.41) is 4.62. The number of fused-ring (bicyclic) bond motifs is 1. The zero-order valence-corrected chi connectivity index (χ0v) is 15.5. The number of halogens is 1. The Morgan fingerprint density at radius 3 is 2.84 bits per heavy atom. The number of hydrogen-bond acceptors (Lipinski definition) is 3. The molecule has 2 heterocycles. The molecule has 0 spiro atoms. The molecule has 0 radical (unpaired) electrons. The SMILES string of the molecule is O=C([C@@H]1Cc2ccccc2CN1)N1CCC(Sc2cccc(Cl)c2)C1. The van der Waals surface area contributed by atoms with Crippen molar-refractivity contribution < 1.29 is 4.79 Å². The Kier molecular flexibility index (Phi) is 5.02. The van der Waals surface area contributed by atoms with Gasteiger partial charge in [-0.15, -0.1) is 11.8 Å². The second-order valence-electron chi connectivity index (χ2n) is 6.68. The van der Waals surface area contributed by atoms with Crippen molar-refractivity contribution in [3.05, 3.63) is 64.7 Å². The predicted octanol–water partition coefficient (Wildman–Crippen LogP) is 3.75. The van der Waals surface area contributed by atoms with Gasteiger partial charge in [0.15, 0.2) is 0 Å². The molecule has 2 aliphatic heterocycles. The summed E-state index contributed by atoms with van der Waals surface area (Å²) in [7, 11) is 0. The van der Waals surface area contributed by atoms with Crippen molar-refractivity contribution in [1.82, 2.24) is 10.2 Å². The number of amides is 1. The van der Waals surface area contributed by atoms with Crippen LogP contribution in [0.4, 0.5) is 0 Å². The average molecular weight is 373 g/mol. The summed E-state index contributed by atoms with van der Waals surface area (Å²) in [6.07, 6.45) is 1.82. The summed E-state index contributed by atoms with van der Waals surface area (Å²) >= 11 is 7.89. The highest BCUT2D eigenvalue weighted by Crippen LogP contribution is 2.31. The standard InChI is InChI=1S/C20H21ClN2OS/c21-16-6-3-7-17(11-16)25-18-8-9-23(13-18)20(24)19-10-14-4-1-2-5-15(14)12-22-19/h1-7,11,18-19,22H,8-10,12-13H2/t18?,19-/m0/s1. The first kappa shape index (κ1) is 17.0. The van der Waals surface area contributed by atoms with Crippen molar-refractivity contribution in [2.24, 2.45) is 0 Å². The average Bonchev–Trinajstić information content (AvgIpc) is 3.09. The molecule has 1 amide bonds. The number of nitrogens with one attached hydrogen (secondary N) is 1. The molecule has 0 bridgehead atoms. The van der Waals surface area contributed by atoms with Crippen LogP contribution in [0.15, 0.2) is 53.4 Å². The Morgan fingerprint density at radius 1 is 1.16 bits per heavy atom. The van der Waals surface area contributed by atoms with Gasteiger partial charge in [0.2, 0.25) is 5.91 Å². The van der Waals surface area contributed by atoms with Crippen LogP contribution in [0.2, 0.25) is 5.02 Å². The predicted molar refractivity (Wildman–Crippen MR) is 103 cm³/mol. The van der Waals surface area contributed by atoms with Crippen molar-refractivity contribution in [2.45, 2.75) is 35.6 Å². The molecule has 130 valence electrons. The van der Waals surface area contributed by atoms with Crippen LogP contribution in [0.1, 0.15) is 17.5 Å². The molecule has 0 aliphatic carbocycles. The number of nitrogens with zero attached hydrogens (tertiary/aromatic N) is 1. The van der Waals surface area contributed by atoms with Crippen LogP contribution in [-0.4, -0.2) is 35.2 Å². The maximum absolute atomic E-state index is 12.9. The summed E-state index contributed by atoms with van der Waals surface area (Å²) in [6.45, 7) is 2.44. The molecule has 2 atom stereocenters. The minimum absolute atomic E-state index is 0.0928. The number of carbonyl (C=O) groups excluding carboxylic acids is 1. The number of benzene rings is 2. The van der Waals surface area contributed by atoms with Gasteiger partial charge in [-0.2, -0.15) is 0 Å². The Balaban J connectivity index is 1.36. The monoisotopic (exact) mass is 372 g/mol. The first-order valence-electron chi connectivity index (χ1n) is 8.70. The van der Waals surface area contributed by atoms with Crippen molar-refractivity contribution >= 4 is 29.3 Å². The highest BCUT2D eigenvalue weighted by Gasteiger charge is 2.32. The lowest BCUT2D eigenvalue weighted by Gasteiger charge is -2.29. The third kappa shape index (κ3) is 3.86. The molecule has 2 aliphatic rings. The quantitative estimate of drug-likeness (QED) is 0.890. The van der Waals surface area contributed by atoms with E-state index in [-0.39, 0.29) is 11.9 Å². The lowest BCUT2D eigenvalue weighted by Crippen LogP contribution is -2.48. The molecule has 3 nitrogen and oxygen atoms in total. The first-order valence-corrected chi connectivity index (χ1v) is 9.96. The van der Waals surface area contributed by atoms with Crippen LogP contribution in [0.3, 0.4) is 0 Å². The van der Waals surface area contributed by atoms with Gasteiger partial charge in [-0.25, -0.2) is 0 Å². The number of hydrogen-bond donors (Lipinski definition) is 1. The fourth-order valence-electron chi connectivity index (χ4n) is 3.61. The van der Waals surface area contributed by atoms with E-state index in [0.717, 1.165) is 37.5 Å². The van der Waals surface area contributed by atoms with Crippen molar-refractivity contribution in [2.75, 3.05) is 13.1 Å². The lowest BCUT2D eigenvalue weighted by molar-refractivity contribution is -0.132. The molecule has 25 heavy (non-hydrogen) atoms. The smallest absolute Gasteiger partial charge is 0.240 e. The largest absolute Gasteiger partial charge is 0.340 e. The second kappa shape index (κ2) is 7.40. The Bertz CT molecular complexity index is 782. The van der Waals surface area contributed by atoms with Gasteiger partial charge in [-0.05, 0) is 42.2 Å². The number of rotatable bonds is 3. The van der Waals surface area contributed by atoms with Crippen LogP contribution in [0, 0.1) is 0 Å². The highest BCUT2D eigenvalue weighted by molar-refractivity contribution is 8.00. The number of carbonyl (C=O) groups is 1. The molecule has 0 aromatic heterocycles. The molecular formula is C20H21ClN2OS. The molecule has 1 unspecified atom stereocenters. The molecule has 0 saturated carbocycles. The molecule has 4 rings (SSSR count). The van der Waals surface area contributed by atoms with E-state index in [1.165, 1.54) is 16.0 Å². The molecular weight excluding hydrogens is 352 g/mol. The minimum atomic E-state index is -0.0928. The van der Waals surface area contributed by atoms with E-state index in [4.69, 9.17) is 11.6 Å². The Morgan fingerprint density at radius 2 is 2.00 bits per heavy atom. The van der Waals surface area contributed by atoms with Gasteiger partial charge in [0.25, 0.3) is 0 Å². The zero-order chi connectivity index (χ0) is 17.2. The third-order valence-corrected chi connectivity index (χ3v) is 6.41. The van der Waals surface area contributed by atoms with Crippen LogP contribution in [0.25, 0.3) is 0 Å². The van der Waals surface area contributed by atoms with E-state index >= 15 is 0 Å². The summed E-state index contributed by atoms with van der Waals surface area (Å²) in [6, 6.07) is 16.2. The van der Waals surface area contributed by atoms with Gasteiger partial charge in [-0.1, -0.05) is 41.9 Å². The van der Waals surface area contributed by atoms with Gasteiger partial charge >= 0.3 is 0 Å². The molecule has 1 fully saturated rings. The second-order valence-corrected chi connectivity index (χ2v) is 8.49. The third-order valence-electron chi connectivity index (χ3n) is 4.93. The minimum Gasteiger partial charge on any atom is -0.340 e. The van der Waals surface area contributed by atoms with E-state index in [0.29, 0.717) is 5.25 Å². The first-order chi connectivity index (χ1) is 12.2. The van der Waals surface area contributed by atoms with Crippen LogP contribution >= 0.6 is 23.4 Å². The molecule has 2 aromatic rings. The van der Waals surface area contributed by atoms with Crippen molar-refractivity contribution in [3.63, 3.8) is 0 Å². The topological polar surface area (TPSA) is 32.3 Å². The van der Waals surface area contributed by atoms with Gasteiger partial charge in [-0.3, -0.25) is 4.79 Å². The van der Waals surface area contributed by atoms with E-state index in [2.05, 4.69) is 35.6 Å². The lowest BCUT2D eigenvalue weighted by atomic mass is 9.95. The molecule has 1 saturated heterocycles. The normalized spacial score (nSPS) is 22.7. The molecule has 1 N–H and O–H groups in total. The zero-order valence-electron chi connectivity index (χ0n) is 14.0. The van der Waals surface area contributed by atoms with Crippen LogP contribution in [0.5, 0.6) is 0 Å². The summed E-state index contributed by atoms with van der Waals surface area (Å²) < 4.78 is 0. The van der Waals surface area contributed by atoms with E-state index in [1.807, 2.05) is 34.9 Å². The Labute approximate surface area is 157 Å². The van der Waals surface area contributed by atoms with E-state index < -0.39 is 0 Å². The van der Waals surface area contributed by atoms with Gasteiger partial charge in [0.1, 0.15) is 0 Å².